The number of hydrogen-bond donors (Lipinski definition) is 2. The molecule has 0 saturated heterocycles. The Labute approximate surface area is 272 Å². The molecule has 0 radical (unpaired) electrons. The first-order valence-electron chi connectivity index (χ1n) is 16.0. The van der Waals surface area contributed by atoms with E-state index in [4.69, 9.17) is 9.15 Å². The highest BCUT2D eigenvalue weighted by Crippen LogP contribution is 2.43. The van der Waals surface area contributed by atoms with Gasteiger partial charge in [-0.25, -0.2) is 9.37 Å². The van der Waals surface area contributed by atoms with Gasteiger partial charge in [0.2, 0.25) is 5.36 Å². The van der Waals surface area contributed by atoms with E-state index in [9.17, 15) is 17.8 Å². The van der Waals surface area contributed by atoms with Crippen molar-refractivity contribution < 1.29 is 26.9 Å². The van der Waals surface area contributed by atoms with Crippen LogP contribution in [-0.2, 0) is 26.2 Å². The molecule has 0 fully saturated rings. The van der Waals surface area contributed by atoms with Gasteiger partial charge in [0.05, 0.1) is 12.7 Å². The van der Waals surface area contributed by atoms with E-state index in [2.05, 4.69) is 49.1 Å². The third-order valence-corrected chi connectivity index (χ3v) is 9.09. The first-order valence-corrected chi connectivity index (χ1v) is 17.4. The predicted octanol–water partition coefficient (Wildman–Crippen LogP) is 6.10. The lowest BCUT2D eigenvalue weighted by atomic mass is 9.92. The summed E-state index contributed by atoms with van der Waals surface area (Å²) in [6, 6.07) is 17.2. The van der Waals surface area contributed by atoms with Crippen molar-refractivity contribution in [1.29, 1.82) is 0 Å². The molecule has 246 valence electrons. The van der Waals surface area contributed by atoms with Crippen molar-refractivity contribution in [1.82, 2.24) is 9.89 Å². The highest BCUT2D eigenvalue weighted by molar-refractivity contribution is 7.86. The molecule has 2 aliphatic rings. The van der Waals surface area contributed by atoms with Crippen LogP contribution in [0, 0.1) is 0 Å². The summed E-state index contributed by atoms with van der Waals surface area (Å²) in [5.74, 6) is 0.233. The molecule has 0 saturated carbocycles. The van der Waals surface area contributed by atoms with Crippen molar-refractivity contribution in [3.8, 4) is 22.5 Å². The molecule has 1 aliphatic carbocycles. The van der Waals surface area contributed by atoms with Gasteiger partial charge in [0.25, 0.3) is 10.1 Å². The van der Waals surface area contributed by atoms with E-state index in [0.29, 0.717) is 59.7 Å². The lowest BCUT2D eigenvalue weighted by Crippen LogP contribution is -2.29. The van der Waals surface area contributed by atoms with E-state index in [0.717, 1.165) is 54.6 Å². The molecular formula is C36H46N3O6S+. The van der Waals surface area contributed by atoms with E-state index in [1.54, 1.807) is 13.0 Å². The van der Waals surface area contributed by atoms with Gasteiger partial charge in [-0.1, -0.05) is 18.7 Å². The first-order chi connectivity index (χ1) is 22.0. The molecule has 0 bridgehead atoms. The number of fused-ring (bicyclic) bond motifs is 2. The minimum absolute atomic E-state index is 0.159. The standard InChI is InChI=1S/C36H45N3O6S/c1-7-38(8-2)27-14-17-29-32(22-27)45-33-23-28(39(9-3)10-4)15-18-30(33)35(29)31-16-13-26(21-34(31)46(41,42)43)24-37-19-11-12-20-44-36(40)25(5)6/h13-18,21-23,37H,5,7-12,19-20,24H2,1-4,6H3/p+1. The quantitative estimate of drug-likeness (QED) is 0.0398. The first kappa shape index (κ1) is 34.9. The molecule has 2 aromatic carbocycles. The zero-order valence-electron chi connectivity index (χ0n) is 27.6. The van der Waals surface area contributed by atoms with Crippen LogP contribution in [0.15, 0.2) is 76.1 Å². The number of unbranched alkanes of at least 4 members (excludes halogenated alkanes) is 1. The third kappa shape index (κ3) is 8.04. The topological polar surface area (TPSA) is 112 Å². The number of ether oxygens (including phenoxy) is 1. The number of nitrogens with one attached hydrogen (secondary N) is 1. The Morgan fingerprint density at radius 3 is 2.35 bits per heavy atom. The van der Waals surface area contributed by atoms with Gasteiger partial charge in [-0.3, -0.25) is 4.55 Å². The van der Waals surface area contributed by atoms with E-state index in [1.165, 1.54) is 6.07 Å². The van der Waals surface area contributed by atoms with Gasteiger partial charge in [-0.05, 0) is 83.8 Å². The molecule has 2 N–H and O–H groups in total. The van der Waals surface area contributed by atoms with Crippen LogP contribution in [-0.4, -0.2) is 58.3 Å². The summed E-state index contributed by atoms with van der Waals surface area (Å²) in [6.45, 7) is 18.3. The van der Waals surface area contributed by atoms with Gasteiger partial charge >= 0.3 is 5.97 Å². The maximum atomic E-state index is 12.9. The fourth-order valence-corrected chi connectivity index (χ4v) is 6.45. The van der Waals surface area contributed by atoms with Crippen LogP contribution >= 0.6 is 0 Å². The SMILES string of the molecule is C=C(C)C(=O)OCCCCNCc1ccc(-c2c3ccc(=[N+](CC)CC)cc-3oc3cc(N(CC)CC)ccc23)c(S(=O)(=O)O)c1. The van der Waals surface area contributed by atoms with Crippen molar-refractivity contribution in [3.63, 3.8) is 0 Å². The lowest BCUT2D eigenvalue weighted by Gasteiger charge is -2.22. The Kier molecular flexibility index (Phi) is 11.8. The van der Waals surface area contributed by atoms with Crippen LogP contribution in [0.4, 0.5) is 5.69 Å². The number of rotatable bonds is 15. The third-order valence-electron chi connectivity index (χ3n) is 8.20. The number of nitrogens with zero attached hydrogens (tertiary/aromatic N) is 2. The molecule has 0 atom stereocenters. The van der Waals surface area contributed by atoms with Crippen LogP contribution in [0.1, 0.15) is 53.0 Å². The van der Waals surface area contributed by atoms with Crippen molar-refractivity contribution in [2.45, 2.75) is 58.9 Å². The molecule has 0 aromatic heterocycles. The zero-order chi connectivity index (χ0) is 33.4. The number of benzene rings is 3. The minimum Gasteiger partial charge on any atom is -0.462 e. The average Bonchev–Trinajstić information content (AvgIpc) is 3.03. The molecule has 10 heteroatoms. The second-order valence-corrected chi connectivity index (χ2v) is 12.7. The van der Waals surface area contributed by atoms with Crippen LogP contribution < -0.4 is 20.1 Å². The molecule has 46 heavy (non-hydrogen) atoms. The van der Waals surface area contributed by atoms with Crippen molar-refractivity contribution in [2.24, 2.45) is 0 Å². The van der Waals surface area contributed by atoms with E-state index in [-0.39, 0.29) is 4.90 Å². The largest absolute Gasteiger partial charge is 0.462 e. The average molecular weight is 649 g/mol. The van der Waals surface area contributed by atoms with Gasteiger partial charge < -0.3 is 19.4 Å². The van der Waals surface area contributed by atoms with Gasteiger partial charge in [-0.2, -0.15) is 8.42 Å². The maximum Gasteiger partial charge on any atom is 0.333 e. The lowest BCUT2D eigenvalue weighted by molar-refractivity contribution is -0.139. The van der Waals surface area contributed by atoms with Crippen molar-refractivity contribution in [3.05, 3.63) is 77.7 Å². The Bertz CT molecular complexity index is 1850. The molecule has 0 spiro atoms. The van der Waals surface area contributed by atoms with Crippen LogP contribution in [0.3, 0.4) is 0 Å². The number of esters is 1. The monoisotopic (exact) mass is 648 g/mol. The molecule has 0 unspecified atom stereocenters. The highest BCUT2D eigenvalue weighted by atomic mass is 32.2. The van der Waals surface area contributed by atoms with Gasteiger partial charge in [0.15, 0.2) is 0 Å². The van der Waals surface area contributed by atoms with Gasteiger partial charge in [0, 0.05) is 65.1 Å². The number of carbonyl (C=O) groups is 1. The van der Waals surface area contributed by atoms with Crippen molar-refractivity contribution >= 4 is 32.7 Å². The normalized spacial score (nSPS) is 11.6. The number of anilines is 1. The fourth-order valence-electron chi connectivity index (χ4n) is 5.70. The molecule has 0 amide bonds. The van der Waals surface area contributed by atoms with Crippen LogP contribution in [0.25, 0.3) is 33.4 Å². The number of carbonyl (C=O) groups excluding carboxylic acids is 1. The minimum atomic E-state index is -4.59. The van der Waals surface area contributed by atoms with E-state index < -0.39 is 16.1 Å². The predicted molar refractivity (Wildman–Crippen MR) is 185 cm³/mol. The smallest absolute Gasteiger partial charge is 0.333 e. The zero-order valence-corrected chi connectivity index (χ0v) is 28.4. The summed E-state index contributed by atoms with van der Waals surface area (Å²) in [5.41, 5.74) is 4.57. The number of hydrogen-bond acceptors (Lipinski definition) is 7. The Morgan fingerprint density at radius 2 is 1.70 bits per heavy atom. The van der Waals surface area contributed by atoms with Gasteiger partial charge in [-0.15, -0.1) is 0 Å². The summed E-state index contributed by atoms with van der Waals surface area (Å²) in [4.78, 5) is 13.6. The molecular weight excluding hydrogens is 602 g/mol. The molecule has 4 rings (SSSR count). The Hall–Kier alpha value is -3.99. The maximum absolute atomic E-state index is 12.9. The summed E-state index contributed by atoms with van der Waals surface area (Å²) in [7, 11) is -4.59. The van der Waals surface area contributed by atoms with Crippen molar-refractivity contribution in [2.75, 3.05) is 44.2 Å². The molecule has 1 heterocycles. The summed E-state index contributed by atoms with van der Waals surface area (Å²) in [6.07, 6.45) is 1.45. The van der Waals surface area contributed by atoms with Crippen LogP contribution in [0.5, 0.6) is 0 Å². The summed E-state index contributed by atoms with van der Waals surface area (Å²) >= 11 is 0. The Morgan fingerprint density at radius 1 is 0.978 bits per heavy atom. The highest BCUT2D eigenvalue weighted by Gasteiger charge is 2.25. The fraction of sp³-hybridized carbons (Fsp3) is 0.389. The van der Waals surface area contributed by atoms with E-state index in [1.807, 2.05) is 42.5 Å². The second kappa shape index (κ2) is 15.5. The van der Waals surface area contributed by atoms with Crippen LogP contribution in [0.2, 0.25) is 0 Å². The Balaban J connectivity index is 1.77. The second-order valence-electron chi connectivity index (χ2n) is 11.3. The molecule has 9 nitrogen and oxygen atoms in total. The molecule has 2 aromatic rings. The molecule has 1 aliphatic heterocycles. The van der Waals surface area contributed by atoms with E-state index >= 15 is 0 Å². The summed E-state index contributed by atoms with van der Waals surface area (Å²) < 4.78 is 50.2. The summed E-state index contributed by atoms with van der Waals surface area (Å²) in [5, 5.41) is 5.07. The van der Waals surface area contributed by atoms with Gasteiger partial charge in [0.1, 0.15) is 29.3 Å².